The standard InChI is InChI=1S/C28H21ClN2O4S/c1-2-34-26(33)24-28(22-13-15-30-16-14-22,21-9-11-23(29)12-10-21)35-27(36)31(24)25(32)20-8-7-18-5-3-4-6-19(18)17-20/h3-17,24H,2H2,1H3. The van der Waals surface area contributed by atoms with E-state index in [0.29, 0.717) is 21.7 Å². The summed E-state index contributed by atoms with van der Waals surface area (Å²) in [5.74, 6) is -1.10. The number of esters is 1. The quantitative estimate of drug-likeness (QED) is 0.257. The Kier molecular flexibility index (Phi) is 6.43. The minimum atomic E-state index is -1.47. The van der Waals surface area contributed by atoms with E-state index in [9.17, 15) is 9.59 Å². The maximum Gasteiger partial charge on any atom is 0.334 e. The van der Waals surface area contributed by atoms with Gasteiger partial charge in [-0.1, -0.05) is 54.1 Å². The number of amides is 1. The average Bonchev–Trinajstić information content (AvgIpc) is 3.22. The molecule has 3 aromatic carbocycles. The van der Waals surface area contributed by atoms with Crippen LogP contribution < -0.4 is 0 Å². The maximum absolute atomic E-state index is 13.9. The predicted octanol–water partition coefficient (Wildman–Crippen LogP) is 5.52. The first kappa shape index (κ1) is 23.9. The molecule has 0 spiro atoms. The molecule has 5 rings (SSSR count). The molecule has 8 heteroatoms. The van der Waals surface area contributed by atoms with Gasteiger partial charge in [0.05, 0.1) is 6.61 Å². The number of rotatable bonds is 5. The summed E-state index contributed by atoms with van der Waals surface area (Å²) in [5.41, 5.74) is 0.0838. The van der Waals surface area contributed by atoms with E-state index < -0.39 is 23.5 Å². The summed E-state index contributed by atoms with van der Waals surface area (Å²) in [5, 5.41) is 2.27. The van der Waals surface area contributed by atoms with Gasteiger partial charge in [-0.05, 0) is 66.3 Å². The van der Waals surface area contributed by atoms with Crippen molar-refractivity contribution in [1.29, 1.82) is 0 Å². The number of nitrogens with zero attached hydrogens (tertiary/aromatic N) is 2. The van der Waals surface area contributed by atoms with E-state index in [1.165, 1.54) is 4.90 Å². The predicted molar refractivity (Wildman–Crippen MR) is 141 cm³/mol. The van der Waals surface area contributed by atoms with Gasteiger partial charge in [0.15, 0.2) is 11.6 Å². The molecule has 1 saturated heterocycles. The van der Waals surface area contributed by atoms with Crippen LogP contribution in [0.15, 0.2) is 91.3 Å². The minimum Gasteiger partial charge on any atom is -0.464 e. The first-order valence-electron chi connectivity index (χ1n) is 11.3. The molecule has 2 heterocycles. The average molecular weight is 517 g/mol. The van der Waals surface area contributed by atoms with Gasteiger partial charge < -0.3 is 9.47 Å². The zero-order valence-corrected chi connectivity index (χ0v) is 20.8. The van der Waals surface area contributed by atoms with Gasteiger partial charge in [-0.15, -0.1) is 0 Å². The van der Waals surface area contributed by atoms with E-state index in [4.69, 9.17) is 33.3 Å². The SMILES string of the molecule is CCOC(=O)C1N(C(=O)c2ccc3ccccc3c2)C(=S)OC1(c1ccncc1)c1ccc(Cl)cc1. The van der Waals surface area contributed by atoms with E-state index in [0.717, 1.165) is 10.8 Å². The topological polar surface area (TPSA) is 68.7 Å². The molecule has 0 aliphatic carbocycles. The summed E-state index contributed by atoms with van der Waals surface area (Å²) in [6.07, 6.45) is 3.19. The first-order valence-corrected chi connectivity index (χ1v) is 12.1. The van der Waals surface area contributed by atoms with Crippen LogP contribution in [0, 0.1) is 0 Å². The Balaban J connectivity index is 1.70. The second-order valence-electron chi connectivity index (χ2n) is 8.24. The van der Waals surface area contributed by atoms with Crippen LogP contribution in [0.5, 0.6) is 0 Å². The highest BCUT2D eigenvalue weighted by Crippen LogP contribution is 2.46. The van der Waals surface area contributed by atoms with E-state index in [2.05, 4.69) is 4.98 Å². The summed E-state index contributed by atoms with van der Waals surface area (Å²) >= 11 is 11.8. The van der Waals surface area contributed by atoms with Gasteiger partial charge in [-0.2, -0.15) is 0 Å². The number of halogens is 1. The fourth-order valence-electron chi connectivity index (χ4n) is 4.58. The Labute approximate surface area is 218 Å². The van der Waals surface area contributed by atoms with Gasteiger partial charge in [0, 0.05) is 34.1 Å². The monoisotopic (exact) mass is 516 g/mol. The first-order chi connectivity index (χ1) is 17.5. The van der Waals surface area contributed by atoms with Gasteiger partial charge in [0.1, 0.15) is 0 Å². The lowest BCUT2D eigenvalue weighted by Gasteiger charge is -2.34. The van der Waals surface area contributed by atoms with Gasteiger partial charge in [-0.3, -0.25) is 9.78 Å². The normalized spacial score (nSPS) is 19.2. The van der Waals surface area contributed by atoms with Crippen LogP contribution in [0.4, 0.5) is 0 Å². The number of hydrogen-bond acceptors (Lipinski definition) is 6. The van der Waals surface area contributed by atoms with Gasteiger partial charge in [0.2, 0.25) is 0 Å². The van der Waals surface area contributed by atoms with Crippen LogP contribution in [-0.4, -0.2) is 39.6 Å². The van der Waals surface area contributed by atoms with Crippen LogP contribution in [0.1, 0.15) is 28.4 Å². The van der Waals surface area contributed by atoms with Crippen LogP contribution in [0.2, 0.25) is 5.02 Å². The molecule has 1 aliphatic heterocycles. The van der Waals surface area contributed by atoms with Gasteiger partial charge >= 0.3 is 5.97 Å². The maximum atomic E-state index is 13.9. The third kappa shape index (κ3) is 4.00. The number of hydrogen-bond donors (Lipinski definition) is 0. The van der Waals surface area contributed by atoms with Crippen molar-refractivity contribution in [3.63, 3.8) is 0 Å². The molecule has 0 radical (unpaired) electrons. The molecule has 6 nitrogen and oxygen atoms in total. The Bertz CT molecular complexity index is 1460. The number of aromatic nitrogens is 1. The lowest BCUT2D eigenvalue weighted by atomic mass is 9.80. The van der Waals surface area contributed by atoms with E-state index in [-0.39, 0.29) is 11.8 Å². The minimum absolute atomic E-state index is 0.118. The summed E-state index contributed by atoms with van der Waals surface area (Å²) < 4.78 is 11.8. The molecule has 1 aliphatic rings. The summed E-state index contributed by atoms with van der Waals surface area (Å²) in [6.45, 7) is 1.82. The van der Waals surface area contributed by atoms with Crippen LogP contribution >= 0.6 is 23.8 Å². The molecule has 180 valence electrons. The van der Waals surface area contributed by atoms with Gasteiger partial charge in [-0.25, -0.2) is 9.69 Å². The fraction of sp³-hybridized carbons (Fsp3) is 0.143. The zero-order chi connectivity index (χ0) is 25.3. The zero-order valence-electron chi connectivity index (χ0n) is 19.3. The van der Waals surface area contributed by atoms with Crippen molar-refractivity contribution in [2.24, 2.45) is 0 Å². The lowest BCUT2D eigenvalue weighted by molar-refractivity contribution is -0.150. The highest BCUT2D eigenvalue weighted by atomic mass is 35.5. The molecular weight excluding hydrogens is 496 g/mol. The molecule has 0 saturated carbocycles. The molecule has 1 aromatic heterocycles. The number of carbonyl (C=O) groups is 2. The molecule has 1 amide bonds. The second-order valence-corrected chi connectivity index (χ2v) is 9.02. The highest BCUT2D eigenvalue weighted by molar-refractivity contribution is 7.80. The molecule has 1 fully saturated rings. The summed E-state index contributed by atoms with van der Waals surface area (Å²) in [7, 11) is 0. The van der Waals surface area contributed by atoms with Crippen LogP contribution in [-0.2, 0) is 19.9 Å². The van der Waals surface area contributed by atoms with Crippen molar-refractivity contribution in [2.45, 2.75) is 18.6 Å². The number of thiocarbonyl (C=S) groups is 1. The summed E-state index contributed by atoms with van der Waals surface area (Å²) in [4.78, 5) is 32.8. The fourth-order valence-corrected chi connectivity index (χ4v) is 5.03. The van der Waals surface area contributed by atoms with Crippen molar-refractivity contribution in [3.8, 4) is 0 Å². The van der Waals surface area contributed by atoms with Crippen molar-refractivity contribution >= 4 is 51.6 Å². The molecule has 0 N–H and O–H groups in total. The highest BCUT2D eigenvalue weighted by Gasteiger charge is 2.61. The van der Waals surface area contributed by atoms with E-state index >= 15 is 0 Å². The van der Waals surface area contributed by atoms with Gasteiger partial charge in [0.25, 0.3) is 11.1 Å². The largest absolute Gasteiger partial charge is 0.464 e. The molecule has 36 heavy (non-hydrogen) atoms. The number of fused-ring (bicyclic) bond motifs is 1. The van der Waals surface area contributed by atoms with Crippen molar-refractivity contribution in [2.75, 3.05) is 6.61 Å². The molecule has 2 unspecified atom stereocenters. The summed E-state index contributed by atoms with van der Waals surface area (Å²) in [6, 6.07) is 22.2. The number of carbonyl (C=O) groups excluding carboxylic acids is 2. The number of ether oxygens (including phenoxy) is 2. The molecule has 4 aromatic rings. The molecule has 0 bridgehead atoms. The Hall–Kier alpha value is -3.81. The lowest BCUT2D eigenvalue weighted by Crippen LogP contribution is -2.52. The molecular formula is C28H21ClN2O4S. The Morgan fingerprint density at radius 1 is 1.00 bits per heavy atom. The third-order valence-corrected chi connectivity index (χ3v) is 6.73. The van der Waals surface area contributed by atoms with Crippen molar-refractivity contribution < 1.29 is 19.1 Å². The smallest absolute Gasteiger partial charge is 0.334 e. The van der Waals surface area contributed by atoms with Crippen molar-refractivity contribution in [1.82, 2.24) is 9.88 Å². The number of pyridine rings is 1. The van der Waals surface area contributed by atoms with Crippen molar-refractivity contribution in [3.05, 3.63) is 113 Å². The van der Waals surface area contributed by atoms with E-state index in [1.54, 1.807) is 67.8 Å². The Morgan fingerprint density at radius 3 is 2.36 bits per heavy atom. The second kappa shape index (κ2) is 9.68. The Morgan fingerprint density at radius 2 is 1.67 bits per heavy atom. The van der Waals surface area contributed by atoms with E-state index in [1.807, 2.05) is 30.3 Å². The van der Waals surface area contributed by atoms with Crippen LogP contribution in [0.3, 0.4) is 0 Å². The molecule has 2 atom stereocenters. The third-order valence-electron chi connectivity index (χ3n) is 6.20. The van der Waals surface area contributed by atoms with Crippen LogP contribution in [0.25, 0.3) is 10.8 Å². The number of benzene rings is 3.